The van der Waals surface area contributed by atoms with E-state index < -0.39 is 0 Å². The van der Waals surface area contributed by atoms with Gasteiger partial charge in [0, 0.05) is 0 Å². The van der Waals surface area contributed by atoms with Crippen molar-refractivity contribution in [3.63, 3.8) is 0 Å². The maximum atomic E-state index is 10.2. The molecule has 0 amide bonds. The van der Waals surface area contributed by atoms with Gasteiger partial charge in [0.1, 0.15) is 12.6 Å². The van der Waals surface area contributed by atoms with Crippen molar-refractivity contribution in [1.82, 2.24) is 0 Å². The molecule has 0 saturated heterocycles. The Kier molecular flexibility index (Phi) is 6.96. The highest BCUT2D eigenvalue weighted by atomic mass is 16.1. The Labute approximate surface area is 84.3 Å². The van der Waals surface area contributed by atoms with Crippen molar-refractivity contribution in [3.8, 4) is 0 Å². The molecular formula is C12H14O2. The first kappa shape index (κ1) is 12.3. The van der Waals surface area contributed by atoms with Crippen molar-refractivity contribution in [3.05, 3.63) is 47.6 Å². The van der Waals surface area contributed by atoms with E-state index in [4.69, 9.17) is 0 Å². The molecular weight excluding hydrogens is 176 g/mol. The highest BCUT2D eigenvalue weighted by Crippen LogP contribution is 1.96. The van der Waals surface area contributed by atoms with Gasteiger partial charge >= 0.3 is 0 Å². The molecule has 0 saturated carbocycles. The van der Waals surface area contributed by atoms with Crippen LogP contribution < -0.4 is 0 Å². The average Bonchev–Trinajstić information content (AvgIpc) is 2.18. The molecule has 0 aliphatic carbocycles. The monoisotopic (exact) mass is 190 g/mol. The van der Waals surface area contributed by atoms with E-state index in [1.807, 2.05) is 19.1 Å². The summed E-state index contributed by atoms with van der Waals surface area (Å²) in [6.45, 7) is 3.65. The van der Waals surface area contributed by atoms with Gasteiger partial charge in [-0.15, -0.1) is 0 Å². The van der Waals surface area contributed by atoms with E-state index in [-0.39, 0.29) is 0 Å². The number of hydrogen-bond acceptors (Lipinski definition) is 2. The summed E-state index contributed by atoms with van der Waals surface area (Å²) in [5.41, 5.74) is 1.69. The molecule has 0 aromatic heterocycles. The lowest BCUT2D eigenvalue weighted by atomic mass is 10.2. The number of carbonyl (C=O) groups excluding carboxylic acids is 2. The first-order valence-electron chi connectivity index (χ1n) is 4.29. The van der Waals surface area contributed by atoms with Crippen molar-refractivity contribution < 1.29 is 9.59 Å². The summed E-state index contributed by atoms with van der Waals surface area (Å²) in [6, 6.07) is 0. The second-order valence-corrected chi connectivity index (χ2v) is 2.82. The zero-order valence-corrected chi connectivity index (χ0v) is 8.44. The molecule has 0 aromatic carbocycles. The van der Waals surface area contributed by atoms with E-state index in [0.717, 1.165) is 18.1 Å². The van der Waals surface area contributed by atoms with Crippen LogP contribution in [-0.2, 0) is 9.59 Å². The molecule has 0 heterocycles. The van der Waals surface area contributed by atoms with Gasteiger partial charge in [-0.05, 0) is 25.5 Å². The maximum Gasteiger partial charge on any atom is 0.145 e. The van der Waals surface area contributed by atoms with Crippen LogP contribution in [0.25, 0.3) is 0 Å². The summed E-state index contributed by atoms with van der Waals surface area (Å²) in [5, 5.41) is 0. The van der Waals surface area contributed by atoms with Crippen LogP contribution in [0.1, 0.15) is 13.8 Å². The largest absolute Gasteiger partial charge is 0.299 e. The van der Waals surface area contributed by atoms with E-state index in [2.05, 4.69) is 0 Å². The van der Waals surface area contributed by atoms with Crippen LogP contribution in [0.2, 0.25) is 0 Å². The van der Waals surface area contributed by atoms with Crippen LogP contribution in [0.5, 0.6) is 0 Å². The smallest absolute Gasteiger partial charge is 0.145 e. The number of allylic oxidation sites excluding steroid dienone is 8. The lowest BCUT2D eigenvalue weighted by molar-refractivity contribution is -0.105. The van der Waals surface area contributed by atoms with Crippen molar-refractivity contribution in [2.45, 2.75) is 13.8 Å². The fourth-order valence-electron chi connectivity index (χ4n) is 0.699. The second-order valence-electron chi connectivity index (χ2n) is 2.82. The van der Waals surface area contributed by atoms with Gasteiger partial charge in [-0.1, -0.05) is 36.0 Å². The summed E-state index contributed by atoms with van der Waals surface area (Å²) in [7, 11) is 0. The molecule has 2 heteroatoms. The minimum Gasteiger partial charge on any atom is -0.299 e. The highest BCUT2D eigenvalue weighted by Gasteiger charge is 1.80. The average molecular weight is 190 g/mol. The Morgan fingerprint density at radius 2 is 1.50 bits per heavy atom. The molecule has 0 rings (SSSR count). The first-order valence-corrected chi connectivity index (χ1v) is 4.29. The maximum absolute atomic E-state index is 10.2. The normalized spacial score (nSPS) is 13.9. The minimum absolute atomic E-state index is 0.678. The number of hydrogen-bond donors (Lipinski definition) is 0. The van der Waals surface area contributed by atoms with Crippen LogP contribution in [0.4, 0.5) is 0 Å². The SMILES string of the molecule is C\C(C=O)=C/C=C/C(C)=C/C=C/C=O. The van der Waals surface area contributed by atoms with E-state index in [1.54, 1.807) is 25.2 Å². The zero-order chi connectivity index (χ0) is 10.8. The van der Waals surface area contributed by atoms with Crippen LogP contribution in [-0.4, -0.2) is 12.6 Å². The van der Waals surface area contributed by atoms with Gasteiger partial charge in [0.25, 0.3) is 0 Å². The molecule has 0 N–H and O–H groups in total. The van der Waals surface area contributed by atoms with E-state index in [9.17, 15) is 9.59 Å². The van der Waals surface area contributed by atoms with Gasteiger partial charge in [-0.3, -0.25) is 9.59 Å². The molecule has 0 aliphatic heterocycles. The van der Waals surface area contributed by atoms with Crippen molar-refractivity contribution in [2.24, 2.45) is 0 Å². The Bertz CT molecular complexity index is 304. The lowest BCUT2D eigenvalue weighted by Crippen LogP contribution is -1.73. The Morgan fingerprint density at radius 3 is 2.07 bits per heavy atom. The third kappa shape index (κ3) is 6.98. The molecule has 2 nitrogen and oxygen atoms in total. The minimum atomic E-state index is 0.678. The number of carbonyl (C=O) groups is 2. The molecule has 0 aromatic rings. The summed E-state index contributed by atoms with van der Waals surface area (Å²) in [6.07, 6.45) is 11.8. The standard InChI is InChI=1S/C12H14O2/c1-11(6-3-4-9-13)7-5-8-12(2)10-14/h3-10H,1-2H3/b4-3+,7-5+,11-6+,12-8+. The fourth-order valence-corrected chi connectivity index (χ4v) is 0.699. The quantitative estimate of drug-likeness (QED) is 0.379. The summed E-state index contributed by atoms with van der Waals surface area (Å²) >= 11 is 0. The van der Waals surface area contributed by atoms with Crippen LogP contribution >= 0.6 is 0 Å². The topological polar surface area (TPSA) is 34.1 Å². The molecule has 0 fully saturated rings. The van der Waals surface area contributed by atoms with Crippen molar-refractivity contribution in [2.75, 3.05) is 0 Å². The van der Waals surface area contributed by atoms with Gasteiger partial charge in [0.05, 0.1) is 0 Å². The van der Waals surface area contributed by atoms with E-state index in [0.29, 0.717) is 5.57 Å². The van der Waals surface area contributed by atoms with Gasteiger partial charge in [0.2, 0.25) is 0 Å². The molecule has 0 unspecified atom stereocenters. The van der Waals surface area contributed by atoms with Gasteiger partial charge < -0.3 is 0 Å². The summed E-state index contributed by atoms with van der Waals surface area (Å²) in [5.74, 6) is 0. The summed E-state index contributed by atoms with van der Waals surface area (Å²) in [4.78, 5) is 20.2. The van der Waals surface area contributed by atoms with Crippen molar-refractivity contribution in [1.29, 1.82) is 0 Å². The Hall–Kier alpha value is -1.70. The Morgan fingerprint density at radius 1 is 0.857 bits per heavy atom. The molecule has 0 radical (unpaired) electrons. The van der Waals surface area contributed by atoms with Crippen LogP contribution in [0.3, 0.4) is 0 Å². The van der Waals surface area contributed by atoms with Gasteiger partial charge in [-0.2, -0.15) is 0 Å². The summed E-state index contributed by atoms with van der Waals surface area (Å²) < 4.78 is 0. The predicted octanol–water partition coefficient (Wildman–Crippen LogP) is 2.39. The molecule has 14 heavy (non-hydrogen) atoms. The zero-order valence-electron chi connectivity index (χ0n) is 8.44. The third-order valence-electron chi connectivity index (χ3n) is 1.45. The second kappa shape index (κ2) is 7.92. The number of aldehydes is 2. The molecule has 74 valence electrons. The fraction of sp³-hybridized carbons (Fsp3) is 0.167. The Balaban J connectivity index is 4.24. The molecule has 0 bridgehead atoms. The molecule has 0 aliphatic rings. The highest BCUT2D eigenvalue weighted by molar-refractivity contribution is 5.72. The number of rotatable bonds is 5. The van der Waals surface area contributed by atoms with Crippen LogP contribution in [0.15, 0.2) is 47.6 Å². The lowest BCUT2D eigenvalue weighted by Gasteiger charge is -1.86. The predicted molar refractivity (Wildman–Crippen MR) is 57.9 cm³/mol. The first-order chi connectivity index (χ1) is 6.70. The third-order valence-corrected chi connectivity index (χ3v) is 1.45. The molecule has 0 atom stereocenters. The van der Waals surface area contributed by atoms with Crippen LogP contribution in [0, 0.1) is 0 Å². The van der Waals surface area contributed by atoms with Crippen molar-refractivity contribution >= 4 is 12.6 Å². The van der Waals surface area contributed by atoms with E-state index in [1.165, 1.54) is 6.08 Å². The van der Waals surface area contributed by atoms with Gasteiger partial charge in [-0.25, -0.2) is 0 Å². The molecule has 0 spiro atoms. The van der Waals surface area contributed by atoms with Gasteiger partial charge in [0.15, 0.2) is 0 Å². The van der Waals surface area contributed by atoms with E-state index >= 15 is 0 Å².